The second-order valence-corrected chi connectivity index (χ2v) is 5.01. The van der Waals surface area contributed by atoms with Crippen molar-refractivity contribution in [1.82, 2.24) is 0 Å². The zero-order valence-corrected chi connectivity index (χ0v) is 10.1. The molecule has 0 saturated carbocycles. The maximum absolute atomic E-state index is 3.27. The van der Waals surface area contributed by atoms with E-state index in [-0.39, 0.29) is 5.41 Å². The molecule has 14 heavy (non-hydrogen) atoms. The first-order valence-corrected chi connectivity index (χ1v) is 5.03. The average molecular weight is 190 g/mol. The quantitative estimate of drug-likeness (QED) is 0.657. The van der Waals surface area contributed by atoms with Crippen LogP contribution in [0, 0.1) is 13.0 Å². The van der Waals surface area contributed by atoms with Gasteiger partial charge in [0.1, 0.15) is 0 Å². The second kappa shape index (κ2) is 3.64. The first-order valence-electron chi connectivity index (χ1n) is 5.03. The van der Waals surface area contributed by atoms with E-state index in [9.17, 15) is 0 Å². The van der Waals surface area contributed by atoms with Crippen LogP contribution in [0.3, 0.4) is 0 Å². The standard InChI is InChI=1S/C13H20N/c1-10-11(13(2,3)4)8-7-9-12(10)14(5)6/h7-8H,1-6H3. The molecule has 0 unspecified atom stereocenters. The van der Waals surface area contributed by atoms with Crippen molar-refractivity contribution in [2.24, 2.45) is 0 Å². The monoisotopic (exact) mass is 190 g/mol. The molecule has 0 aliphatic heterocycles. The van der Waals surface area contributed by atoms with E-state index >= 15 is 0 Å². The fourth-order valence-corrected chi connectivity index (χ4v) is 1.84. The Morgan fingerprint density at radius 1 is 1.21 bits per heavy atom. The minimum absolute atomic E-state index is 0.212. The molecule has 0 aromatic heterocycles. The fourth-order valence-electron chi connectivity index (χ4n) is 1.84. The molecule has 77 valence electrons. The largest absolute Gasteiger partial charge is 0.377 e. The summed E-state index contributed by atoms with van der Waals surface area (Å²) in [5, 5.41) is 0. The van der Waals surface area contributed by atoms with Crippen LogP contribution in [-0.4, -0.2) is 14.1 Å². The van der Waals surface area contributed by atoms with Gasteiger partial charge in [0.05, 0.1) is 0 Å². The minimum atomic E-state index is 0.212. The van der Waals surface area contributed by atoms with Crippen LogP contribution in [0.4, 0.5) is 5.69 Å². The van der Waals surface area contributed by atoms with Gasteiger partial charge in [-0.05, 0) is 23.5 Å². The summed E-state index contributed by atoms with van der Waals surface area (Å²) in [6.45, 7) is 8.91. The number of rotatable bonds is 1. The Morgan fingerprint density at radius 3 is 2.21 bits per heavy atom. The predicted octanol–water partition coefficient (Wildman–Crippen LogP) is 3.16. The van der Waals surface area contributed by atoms with Crippen molar-refractivity contribution >= 4 is 5.69 Å². The zero-order valence-electron chi connectivity index (χ0n) is 10.1. The highest BCUT2D eigenvalue weighted by Gasteiger charge is 2.17. The van der Waals surface area contributed by atoms with Gasteiger partial charge in [-0.3, -0.25) is 0 Å². The van der Waals surface area contributed by atoms with E-state index < -0.39 is 0 Å². The summed E-state index contributed by atoms with van der Waals surface area (Å²) in [6, 6.07) is 7.46. The van der Waals surface area contributed by atoms with Gasteiger partial charge in [0, 0.05) is 25.8 Å². The molecule has 1 rings (SSSR count). The molecule has 0 saturated heterocycles. The van der Waals surface area contributed by atoms with E-state index in [4.69, 9.17) is 0 Å². The van der Waals surface area contributed by atoms with E-state index in [2.05, 4.69) is 58.8 Å². The molecule has 0 N–H and O–H groups in total. The Kier molecular flexibility index (Phi) is 2.89. The van der Waals surface area contributed by atoms with Gasteiger partial charge in [0.15, 0.2) is 0 Å². The molecular formula is C13H20N. The van der Waals surface area contributed by atoms with Crippen molar-refractivity contribution in [1.29, 1.82) is 0 Å². The predicted molar refractivity (Wildman–Crippen MR) is 63.0 cm³/mol. The minimum Gasteiger partial charge on any atom is -0.377 e. The van der Waals surface area contributed by atoms with Crippen LogP contribution in [0.1, 0.15) is 31.9 Å². The average Bonchev–Trinajstić information content (AvgIpc) is 2.01. The van der Waals surface area contributed by atoms with E-state index in [1.807, 2.05) is 6.07 Å². The number of hydrogen-bond donors (Lipinski definition) is 0. The van der Waals surface area contributed by atoms with Crippen molar-refractivity contribution in [2.45, 2.75) is 33.1 Å². The number of anilines is 1. The molecule has 0 aliphatic rings. The summed E-state index contributed by atoms with van der Waals surface area (Å²) < 4.78 is 0. The van der Waals surface area contributed by atoms with E-state index in [1.165, 1.54) is 16.8 Å². The molecule has 0 spiro atoms. The van der Waals surface area contributed by atoms with Crippen LogP contribution >= 0.6 is 0 Å². The smallest absolute Gasteiger partial charge is 0.0474 e. The Morgan fingerprint density at radius 2 is 1.79 bits per heavy atom. The van der Waals surface area contributed by atoms with Crippen LogP contribution < -0.4 is 4.90 Å². The van der Waals surface area contributed by atoms with Crippen molar-refractivity contribution in [3.05, 3.63) is 29.3 Å². The Bertz CT molecular complexity index is 318. The highest BCUT2D eigenvalue weighted by Crippen LogP contribution is 2.30. The summed E-state index contributed by atoms with van der Waals surface area (Å²) in [5.41, 5.74) is 4.15. The van der Waals surface area contributed by atoms with Crippen LogP contribution in [0.5, 0.6) is 0 Å². The lowest BCUT2D eigenvalue weighted by atomic mass is 9.83. The van der Waals surface area contributed by atoms with Crippen LogP contribution in [0.15, 0.2) is 12.1 Å². The van der Waals surface area contributed by atoms with Gasteiger partial charge < -0.3 is 4.90 Å². The van der Waals surface area contributed by atoms with Crippen LogP contribution in [0.25, 0.3) is 0 Å². The van der Waals surface area contributed by atoms with Crippen LogP contribution in [0.2, 0.25) is 0 Å². The Balaban J connectivity index is 3.28. The summed E-state index contributed by atoms with van der Waals surface area (Å²) in [4.78, 5) is 2.12. The Hall–Kier alpha value is -0.980. The molecule has 1 radical (unpaired) electrons. The van der Waals surface area contributed by atoms with Crippen molar-refractivity contribution in [3.8, 4) is 0 Å². The summed E-state index contributed by atoms with van der Waals surface area (Å²) in [6.07, 6.45) is 0. The summed E-state index contributed by atoms with van der Waals surface area (Å²) in [5.74, 6) is 0. The van der Waals surface area contributed by atoms with Crippen molar-refractivity contribution in [2.75, 3.05) is 19.0 Å². The number of hydrogen-bond acceptors (Lipinski definition) is 1. The third-order valence-corrected chi connectivity index (χ3v) is 2.48. The van der Waals surface area contributed by atoms with Gasteiger partial charge >= 0.3 is 0 Å². The lowest BCUT2D eigenvalue weighted by Gasteiger charge is -2.25. The molecule has 0 aliphatic carbocycles. The highest BCUT2D eigenvalue weighted by molar-refractivity contribution is 5.55. The maximum atomic E-state index is 3.27. The van der Waals surface area contributed by atoms with Gasteiger partial charge in [-0.2, -0.15) is 0 Å². The molecular weight excluding hydrogens is 170 g/mol. The SMILES string of the molecule is Cc1c(N(C)C)[c]ccc1C(C)(C)C. The van der Waals surface area contributed by atoms with Gasteiger partial charge in [0.25, 0.3) is 0 Å². The molecule has 1 aromatic carbocycles. The molecule has 1 heteroatoms. The van der Waals surface area contributed by atoms with Gasteiger partial charge in [-0.1, -0.05) is 32.9 Å². The third kappa shape index (κ3) is 2.09. The van der Waals surface area contributed by atoms with E-state index in [0.29, 0.717) is 0 Å². The van der Waals surface area contributed by atoms with E-state index in [0.717, 1.165) is 0 Å². The normalized spacial score (nSPS) is 11.6. The highest BCUT2D eigenvalue weighted by atomic mass is 15.1. The molecule has 0 amide bonds. The molecule has 1 nitrogen and oxygen atoms in total. The Labute approximate surface area is 87.7 Å². The first kappa shape index (κ1) is 11.1. The maximum Gasteiger partial charge on any atom is 0.0474 e. The molecule has 0 heterocycles. The van der Waals surface area contributed by atoms with Gasteiger partial charge in [-0.15, -0.1) is 0 Å². The molecule has 0 atom stereocenters. The summed E-state index contributed by atoms with van der Waals surface area (Å²) >= 11 is 0. The van der Waals surface area contributed by atoms with Gasteiger partial charge in [0.2, 0.25) is 0 Å². The first-order chi connectivity index (χ1) is 6.34. The topological polar surface area (TPSA) is 3.24 Å². The third-order valence-electron chi connectivity index (χ3n) is 2.48. The fraction of sp³-hybridized carbons (Fsp3) is 0.538. The molecule has 0 fully saturated rings. The lowest BCUT2D eigenvalue weighted by Crippen LogP contribution is -2.17. The second-order valence-electron chi connectivity index (χ2n) is 5.01. The number of nitrogens with zero attached hydrogens (tertiary/aromatic N) is 1. The number of benzene rings is 1. The lowest BCUT2D eigenvalue weighted by molar-refractivity contribution is 0.586. The van der Waals surface area contributed by atoms with Crippen molar-refractivity contribution in [3.63, 3.8) is 0 Å². The van der Waals surface area contributed by atoms with E-state index in [1.54, 1.807) is 0 Å². The summed E-state index contributed by atoms with van der Waals surface area (Å²) in [7, 11) is 4.12. The van der Waals surface area contributed by atoms with Gasteiger partial charge in [-0.25, -0.2) is 0 Å². The molecule has 1 aromatic rings. The zero-order chi connectivity index (χ0) is 10.9. The molecule has 0 bridgehead atoms. The van der Waals surface area contributed by atoms with Crippen molar-refractivity contribution < 1.29 is 0 Å². The van der Waals surface area contributed by atoms with Crippen LogP contribution in [-0.2, 0) is 5.41 Å².